The molecule has 3 aromatic rings. The summed E-state index contributed by atoms with van der Waals surface area (Å²) in [7, 11) is -3.80. The Kier molecular flexibility index (Phi) is 5.62. The molecule has 0 saturated heterocycles. The number of azo groups is 1. The SMILES string of the molecule is C/C(=C\N=Nc1cccnc1)c1cccc(NS(=O)(=O)c2ccccn2)n1. The second-order valence-electron chi connectivity index (χ2n) is 5.42. The summed E-state index contributed by atoms with van der Waals surface area (Å²) in [4.78, 5) is 12.1. The van der Waals surface area contributed by atoms with Gasteiger partial charge in [0.25, 0.3) is 10.0 Å². The minimum absolute atomic E-state index is 0.0743. The molecule has 8 nitrogen and oxygen atoms in total. The highest BCUT2D eigenvalue weighted by Gasteiger charge is 2.16. The fraction of sp³-hybridized carbons (Fsp3) is 0.0556. The lowest BCUT2D eigenvalue weighted by atomic mass is 10.2. The molecule has 3 rings (SSSR count). The van der Waals surface area contributed by atoms with Crippen molar-refractivity contribution >= 4 is 27.1 Å². The molecule has 136 valence electrons. The highest BCUT2D eigenvalue weighted by atomic mass is 32.2. The van der Waals surface area contributed by atoms with Gasteiger partial charge in [-0.15, -0.1) is 5.11 Å². The first-order valence-electron chi connectivity index (χ1n) is 7.93. The number of rotatable bonds is 6. The van der Waals surface area contributed by atoms with Gasteiger partial charge in [-0.2, -0.15) is 13.5 Å². The van der Waals surface area contributed by atoms with Gasteiger partial charge in [-0.1, -0.05) is 12.1 Å². The van der Waals surface area contributed by atoms with Crippen LogP contribution in [0.4, 0.5) is 11.5 Å². The van der Waals surface area contributed by atoms with Gasteiger partial charge < -0.3 is 0 Å². The van der Waals surface area contributed by atoms with Crippen LogP contribution < -0.4 is 4.72 Å². The Balaban J connectivity index is 1.77. The van der Waals surface area contributed by atoms with Crippen LogP contribution in [0.1, 0.15) is 12.6 Å². The molecule has 0 radical (unpaired) electrons. The standard InChI is InChI=1S/C18H16N6O2S/c1-14(12-21-23-15-6-5-10-19-13-15)16-7-4-8-17(22-16)24-27(25,26)18-9-2-3-11-20-18/h2-13H,1H3,(H,22,24)/b14-12+,23-21?. The van der Waals surface area contributed by atoms with Crippen LogP contribution in [0.3, 0.4) is 0 Å². The van der Waals surface area contributed by atoms with Crippen molar-refractivity contribution in [2.75, 3.05) is 4.72 Å². The van der Waals surface area contributed by atoms with Crippen molar-refractivity contribution in [3.63, 3.8) is 0 Å². The van der Waals surface area contributed by atoms with Crippen LogP contribution in [0.5, 0.6) is 0 Å². The maximum atomic E-state index is 12.3. The van der Waals surface area contributed by atoms with Gasteiger partial charge in [-0.3, -0.25) is 9.71 Å². The Morgan fingerprint density at radius 3 is 2.70 bits per heavy atom. The van der Waals surface area contributed by atoms with E-state index in [1.807, 2.05) is 6.92 Å². The lowest BCUT2D eigenvalue weighted by Crippen LogP contribution is -2.15. The molecule has 0 aliphatic carbocycles. The average Bonchev–Trinajstić information content (AvgIpc) is 2.69. The first kappa shape index (κ1) is 18.3. The predicted molar refractivity (Wildman–Crippen MR) is 102 cm³/mol. The number of nitrogens with zero attached hydrogens (tertiary/aromatic N) is 5. The maximum absolute atomic E-state index is 12.3. The molecule has 0 amide bonds. The Hall–Kier alpha value is -3.46. The Morgan fingerprint density at radius 2 is 1.96 bits per heavy atom. The summed E-state index contributed by atoms with van der Waals surface area (Å²) in [6.45, 7) is 1.81. The first-order chi connectivity index (χ1) is 13.0. The zero-order chi connectivity index (χ0) is 19.1. The summed E-state index contributed by atoms with van der Waals surface area (Å²) in [6, 6.07) is 13.2. The third-order valence-electron chi connectivity index (χ3n) is 3.38. The summed E-state index contributed by atoms with van der Waals surface area (Å²) in [6.07, 6.45) is 6.21. The molecular formula is C18H16N6O2S. The molecule has 0 aliphatic rings. The summed E-state index contributed by atoms with van der Waals surface area (Å²) in [5, 5.41) is 7.96. The molecule has 9 heteroatoms. The van der Waals surface area contributed by atoms with E-state index >= 15 is 0 Å². The van der Waals surface area contributed by atoms with Crippen LogP contribution in [0.15, 0.2) is 88.6 Å². The quantitative estimate of drug-likeness (QED) is 0.654. The molecule has 0 aliphatic heterocycles. The van der Waals surface area contributed by atoms with Crippen LogP contribution in [-0.4, -0.2) is 23.4 Å². The second-order valence-corrected chi connectivity index (χ2v) is 7.05. The predicted octanol–water partition coefficient (Wildman–Crippen LogP) is 3.82. The molecule has 3 heterocycles. The Bertz CT molecular complexity index is 1070. The lowest BCUT2D eigenvalue weighted by molar-refractivity contribution is 0.597. The summed E-state index contributed by atoms with van der Waals surface area (Å²) >= 11 is 0. The third-order valence-corrected chi connectivity index (χ3v) is 4.65. The minimum atomic E-state index is -3.80. The van der Waals surface area contributed by atoms with Crippen molar-refractivity contribution in [3.8, 4) is 0 Å². The van der Waals surface area contributed by atoms with E-state index in [-0.39, 0.29) is 10.8 Å². The number of pyridine rings is 3. The largest absolute Gasteiger partial charge is 0.280 e. The van der Waals surface area contributed by atoms with Crippen molar-refractivity contribution in [3.05, 3.63) is 79.0 Å². The number of hydrogen-bond acceptors (Lipinski definition) is 7. The van der Waals surface area contributed by atoms with Crippen molar-refractivity contribution < 1.29 is 8.42 Å². The molecule has 0 spiro atoms. The van der Waals surface area contributed by atoms with Crippen molar-refractivity contribution in [1.29, 1.82) is 0 Å². The molecule has 0 aromatic carbocycles. The number of sulfonamides is 1. The first-order valence-corrected chi connectivity index (χ1v) is 9.42. The molecule has 27 heavy (non-hydrogen) atoms. The number of aromatic nitrogens is 3. The molecule has 1 N–H and O–H groups in total. The number of allylic oxidation sites excluding steroid dienone is 1. The maximum Gasteiger partial charge on any atom is 0.280 e. The second kappa shape index (κ2) is 8.28. The van der Waals surface area contributed by atoms with Gasteiger partial charge in [-0.25, -0.2) is 9.97 Å². The van der Waals surface area contributed by atoms with Crippen molar-refractivity contribution in [2.45, 2.75) is 11.9 Å². The zero-order valence-electron chi connectivity index (χ0n) is 14.4. The van der Waals surface area contributed by atoms with E-state index in [0.717, 1.165) is 5.57 Å². The highest BCUT2D eigenvalue weighted by Crippen LogP contribution is 2.17. The molecule has 0 atom stereocenters. The van der Waals surface area contributed by atoms with Gasteiger partial charge in [0.2, 0.25) is 0 Å². The van der Waals surface area contributed by atoms with E-state index < -0.39 is 10.0 Å². The smallest absolute Gasteiger partial charge is 0.262 e. The van der Waals surface area contributed by atoms with E-state index in [9.17, 15) is 8.42 Å². The van der Waals surface area contributed by atoms with E-state index in [1.54, 1.807) is 61.1 Å². The van der Waals surface area contributed by atoms with E-state index in [0.29, 0.717) is 11.4 Å². The fourth-order valence-electron chi connectivity index (χ4n) is 2.07. The van der Waals surface area contributed by atoms with Crippen LogP contribution in [-0.2, 0) is 10.0 Å². The van der Waals surface area contributed by atoms with Gasteiger partial charge in [0.15, 0.2) is 5.03 Å². The molecule has 0 saturated carbocycles. The molecule has 0 fully saturated rings. The van der Waals surface area contributed by atoms with E-state index in [4.69, 9.17) is 0 Å². The third kappa shape index (κ3) is 5.02. The zero-order valence-corrected chi connectivity index (χ0v) is 15.2. The molecule has 0 unspecified atom stereocenters. The average molecular weight is 380 g/mol. The van der Waals surface area contributed by atoms with Crippen LogP contribution >= 0.6 is 0 Å². The summed E-state index contributed by atoms with van der Waals surface area (Å²) < 4.78 is 27.1. The van der Waals surface area contributed by atoms with Crippen LogP contribution in [0.25, 0.3) is 5.57 Å². The van der Waals surface area contributed by atoms with Gasteiger partial charge >= 0.3 is 0 Å². The number of nitrogens with one attached hydrogen (secondary N) is 1. The van der Waals surface area contributed by atoms with Crippen LogP contribution in [0, 0.1) is 0 Å². The topological polar surface area (TPSA) is 110 Å². The number of hydrogen-bond donors (Lipinski definition) is 1. The van der Waals surface area contributed by atoms with E-state index in [2.05, 4.69) is 29.9 Å². The van der Waals surface area contributed by atoms with Crippen molar-refractivity contribution in [2.24, 2.45) is 10.2 Å². The van der Waals surface area contributed by atoms with Crippen molar-refractivity contribution in [1.82, 2.24) is 15.0 Å². The molecular weight excluding hydrogens is 364 g/mol. The molecule has 0 bridgehead atoms. The Labute approximate surface area is 156 Å². The molecule has 3 aromatic heterocycles. The minimum Gasteiger partial charge on any atom is -0.262 e. The van der Waals surface area contributed by atoms with Gasteiger partial charge in [0.1, 0.15) is 11.5 Å². The van der Waals surface area contributed by atoms with E-state index in [1.165, 1.54) is 12.3 Å². The van der Waals surface area contributed by atoms with Crippen LogP contribution in [0.2, 0.25) is 0 Å². The number of anilines is 1. The summed E-state index contributed by atoms with van der Waals surface area (Å²) in [5.41, 5.74) is 1.93. The Morgan fingerprint density at radius 1 is 1.07 bits per heavy atom. The highest BCUT2D eigenvalue weighted by molar-refractivity contribution is 7.92. The van der Waals surface area contributed by atoms with Gasteiger partial charge in [0, 0.05) is 12.4 Å². The normalized spacial score (nSPS) is 12.3. The monoisotopic (exact) mass is 380 g/mol. The summed E-state index contributed by atoms with van der Waals surface area (Å²) in [5.74, 6) is 0.190. The van der Waals surface area contributed by atoms with Gasteiger partial charge in [-0.05, 0) is 48.9 Å². The lowest BCUT2D eigenvalue weighted by Gasteiger charge is -2.08. The fourth-order valence-corrected chi connectivity index (χ4v) is 3.02. The van der Waals surface area contributed by atoms with Gasteiger partial charge in [0.05, 0.1) is 18.1 Å².